The zero-order chi connectivity index (χ0) is 50.1. The van der Waals surface area contributed by atoms with E-state index in [1.54, 1.807) is 64.0 Å². The second-order valence-electron chi connectivity index (χ2n) is 16.6. The van der Waals surface area contributed by atoms with Gasteiger partial charge in [0.2, 0.25) is 6.54 Å². The van der Waals surface area contributed by atoms with Crippen molar-refractivity contribution in [1.82, 2.24) is 39.0 Å². The monoisotopic (exact) mass is 1020 g/mol. The van der Waals surface area contributed by atoms with Crippen LogP contribution in [0, 0.1) is 6.57 Å². The zero-order valence-electron chi connectivity index (χ0n) is 39.7. The number of carbonyl (C=O) groups excluding carboxylic acids is 2. The van der Waals surface area contributed by atoms with Crippen molar-refractivity contribution in [3.05, 3.63) is 109 Å². The predicted octanol–water partition coefficient (Wildman–Crippen LogP) is 7.65. The average molecular weight is 1020 g/mol. The summed E-state index contributed by atoms with van der Waals surface area (Å²) < 4.78 is 78.1. The molecule has 2 N–H and O–H groups in total. The molecule has 0 bridgehead atoms. The number of hydrogen-bond acceptors (Lipinski definition) is 18. The maximum absolute atomic E-state index is 14.1. The summed E-state index contributed by atoms with van der Waals surface area (Å²) in [5, 5.41) is 5.64. The Bertz CT molecular complexity index is 2930. The van der Waals surface area contributed by atoms with E-state index in [0.717, 1.165) is 14.2 Å². The number of ether oxygens (including phenoxy) is 4. The van der Waals surface area contributed by atoms with Crippen LogP contribution in [0.15, 0.2) is 90.5 Å². The van der Waals surface area contributed by atoms with Crippen molar-refractivity contribution < 1.29 is 55.7 Å². The highest BCUT2D eigenvalue weighted by Gasteiger charge is 2.46. The molecule has 7 atom stereocenters. The van der Waals surface area contributed by atoms with Gasteiger partial charge in [-0.2, -0.15) is 0 Å². The van der Waals surface area contributed by atoms with E-state index >= 15 is 0 Å². The number of amides is 2. The maximum Gasteiger partial charge on any atom is 0.457 e. The minimum absolute atomic E-state index is 0.0326. The Balaban J connectivity index is 1.09. The van der Waals surface area contributed by atoms with E-state index in [2.05, 4.69) is 49.9 Å². The van der Waals surface area contributed by atoms with E-state index in [1.165, 1.54) is 19.0 Å². The number of rotatable bonds is 22. The summed E-state index contributed by atoms with van der Waals surface area (Å²) in [6, 6.07) is 17.4. The SMILES string of the molecule is [C-]#[N+]CCOP(=NP(=O)(OC)OC)(OC[C@H]1O[C@@H](n2cnc3c(NC(=O)c4ccccc4)ncnc32)C[C@H]1OC(C)C)O[C@@H]1C[C@H](n2cnc3c(NC(=O)c4ccccc4)ncnc32)O[C@@H]1COC(C)C. The van der Waals surface area contributed by atoms with Crippen LogP contribution >= 0.6 is 15.5 Å². The molecular formula is C45H54N12O12P2. The van der Waals surface area contributed by atoms with E-state index in [-0.39, 0.29) is 68.4 Å². The van der Waals surface area contributed by atoms with Crippen LogP contribution in [0.25, 0.3) is 27.2 Å². The number of hydrogen-bond donors (Lipinski definition) is 2. The molecule has 71 heavy (non-hydrogen) atoms. The van der Waals surface area contributed by atoms with E-state index in [9.17, 15) is 14.2 Å². The minimum atomic E-state index is -4.35. The third-order valence-electron chi connectivity index (χ3n) is 11.1. The molecule has 6 aromatic rings. The molecule has 2 aromatic carbocycles. The molecule has 24 nitrogen and oxygen atoms in total. The Hall–Kier alpha value is -5.93. The summed E-state index contributed by atoms with van der Waals surface area (Å²) >= 11 is 0. The number of nitrogens with zero attached hydrogens (tertiary/aromatic N) is 10. The Kier molecular flexibility index (Phi) is 16.7. The van der Waals surface area contributed by atoms with Crippen molar-refractivity contribution in [2.24, 2.45) is 4.52 Å². The van der Waals surface area contributed by atoms with Gasteiger partial charge in [0.25, 0.3) is 11.8 Å². The van der Waals surface area contributed by atoms with E-state index < -0.39 is 52.4 Å². The van der Waals surface area contributed by atoms with Gasteiger partial charge >= 0.3 is 15.5 Å². The van der Waals surface area contributed by atoms with Gasteiger partial charge in [0.05, 0.1) is 44.2 Å². The molecule has 0 spiro atoms. The molecule has 2 aliphatic rings. The topological polar surface area (TPSA) is 262 Å². The molecule has 376 valence electrons. The van der Waals surface area contributed by atoms with Gasteiger partial charge in [-0.25, -0.2) is 41.0 Å². The summed E-state index contributed by atoms with van der Waals surface area (Å²) in [7, 11) is -6.31. The molecule has 1 unspecified atom stereocenters. The van der Waals surface area contributed by atoms with Gasteiger partial charge in [-0.3, -0.25) is 41.3 Å². The first kappa shape index (κ1) is 51.4. The quantitative estimate of drug-likeness (QED) is 0.0376. The third-order valence-corrected chi connectivity index (χ3v) is 15.3. The number of imidazole rings is 2. The lowest BCUT2D eigenvalue weighted by Gasteiger charge is -2.30. The number of carbonyl (C=O) groups is 2. The molecule has 2 fully saturated rings. The van der Waals surface area contributed by atoms with Crippen LogP contribution in [0.2, 0.25) is 0 Å². The Morgan fingerprint density at radius 3 is 1.76 bits per heavy atom. The maximum atomic E-state index is 14.1. The van der Waals surface area contributed by atoms with Crippen molar-refractivity contribution in [1.29, 1.82) is 0 Å². The van der Waals surface area contributed by atoms with Crippen molar-refractivity contribution >= 4 is 61.3 Å². The smallest absolute Gasteiger partial charge is 0.376 e. The molecular weight excluding hydrogens is 963 g/mol. The lowest BCUT2D eigenvalue weighted by atomic mass is 10.2. The van der Waals surface area contributed by atoms with Gasteiger partial charge in [0.15, 0.2) is 34.0 Å². The van der Waals surface area contributed by atoms with Crippen molar-refractivity contribution in [3.8, 4) is 0 Å². The highest BCUT2D eigenvalue weighted by Crippen LogP contribution is 2.66. The van der Waals surface area contributed by atoms with Gasteiger partial charge in [-0.05, 0) is 52.0 Å². The van der Waals surface area contributed by atoms with Crippen molar-refractivity contribution in [2.45, 2.75) is 89.6 Å². The summed E-state index contributed by atoms with van der Waals surface area (Å²) in [4.78, 5) is 56.3. The first-order chi connectivity index (χ1) is 34.3. The first-order valence-electron chi connectivity index (χ1n) is 22.6. The standard InChI is InChI=1S/C45H54N12O12P2/c1-28(2)63-22-34-33(21-37(67-34)57-27-52-39-41(48-25-50-43(39)57)54-45(59)31-16-12-9-13-17-31)69-71(64-19-18-46-5,55-70(60,61-6)62-7)65-23-35-32(66-29(3)4)20-36(68-35)56-26-51-38-40(47-24-49-42(38)56)53-44(58)30-14-10-8-11-15-30/h8-17,24-29,32-37H,18-23H2,1-4,6-7H3,(H,47,49,53,58)(H,48,50,54,59)/t32-,33-,34-,35-,36-,37-,71?/m1/s1. The van der Waals surface area contributed by atoms with Crippen LogP contribution < -0.4 is 10.6 Å². The summed E-state index contributed by atoms with van der Waals surface area (Å²) in [5.74, 6) is -0.347. The highest BCUT2D eigenvalue weighted by molar-refractivity contribution is 7.63. The normalized spacial score (nSPS) is 21.2. The van der Waals surface area contributed by atoms with Gasteiger partial charge in [0, 0.05) is 38.2 Å². The minimum Gasteiger partial charge on any atom is -0.376 e. The van der Waals surface area contributed by atoms with Crippen LogP contribution in [-0.4, -0.2) is 128 Å². The molecule has 0 aliphatic carbocycles. The fraction of sp³-hybridized carbons (Fsp3) is 0.444. The number of anilines is 2. The fourth-order valence-corrected chi connectivity index (χ4v) is 11.6. The van der Waals surface area contributed by atoms with E-state index in [4.69, 9.17) is 48.1 Å². The van der Waals surface area contributed by atoms with Crippen LogP contribution in [0.1, 0.15) is 73.7 Å². The predicted molar refractivity (Wildman–Crippen MR) is 257 cm³/mol. The van der Waals surface area contributed by atoms with E-state index in [0.29, 0.717) is 39.9 Å². The number of fused-ring (bicyclic) bond motifs is 2. The Labute approximate surface area is 408 Å². The molecule has 26 heteroatoms. The molecule has 8 rings (SSSR count). The molecule has 0 radical (unpaired) electrons. The average Bonchev–Trinajstić information content (AvgIpc) is 4.19. The second-order valence-corrected chi connectivity index (χ2v) is 20.7. The number of benzene rings is 2. The Morgan fingerprint density at radius 1 is 0.746 bits per heavy atom. The van der Waals surface area contributed by atoms with Crippen LogP contribution in [0.5, 0.6) is 0 Å². The summed E-state index contributed by atoms with van der Waals surface area (Å²) in [6.07, 6.45) is 0.984. The van der Waals surface area contributed by atoms with Crippen LogP contribution in [-0.2, 0) is 46.1 Å². The molecule has 0 saturated carbocycles. The molecule has 6 heterocycles. The van der Waals surface area contributed by atoms with Gasteiger partial charge in [0.1, 0.15) is 50.0 Å². The zero-order valence-corrected chi connectivity index (χ0v) is 41.5. The molecule has 2 aliphatic heterocycles. The Morgan fingerprint density at radius 2 is 1.27 bits per heavy atom. The second kappa shape index (κ2) is 23.1. The van der Waals surface area contributed by atoms with E-state index in [1.807, 2.05) is 39.8 Å². The molecule has 2 saturated heterocycles. The molecule has 2 amide bonds. The van der Waals surface area contributed by atoms with Crippen LogP contribution in [0.4, 0.5) is 11.6 Å². The number of aromatic nitrogens is 8. The van der Waals surface area contributed by atoms with Crippen molar-refractivity contribution in [3.63, 3.8) is 0 Å². The molecule has 4 aromatic heterocycles. The van der Waals surface area contributed by atoms with Gasteiger partial charge < -0.3 is 34.4 Å². The largest absolute Gasteiger partial charge is 0.457 e. The van der Waals surface area contributed by atoms with Crippen LogP contribution in [0.3, 0.4) is 0 Å². The first-order valence-corrected chi connectivity index (χ1v) is 25.6. The van der Waals surface area contributed by atoms with Gasteiger partial charge in [-0.15, -0.1) is 4.52 Å². The van der Waals surface area contributed by atoms with Gasteiger partial charge in [-0.1, -0.05) is 36.4 Å². The highest BCUT2D eigenvalue weighted by atomic mass is 31.2. The fourth-order valence-electron chi connectivity index (χ4n) is 7.77. The number of nitrogens with one attached hydrogen (secondary N) is 2. The lowest BCUT2D eigenvalue weighted by molar-refractivity contribution is -0.0807. The third kappa shape index (κ3) is 12.2. The lowest BCUT2D eigenvalue weighted by Crippen LogP contribution is -2.33. The van der Waals surface area contributed by atoms with Crippen molar-refractivity contribution in [2.75, 3.05) is 51.2 Å². The summed E-state index contributed by atoms with van der Waals surface area (Å²) in [5.41, 5.74) is 2.25. The summed E-state index contributed by atoms with van der Waals surface area (Å²) in [6.45, 7) is 14.4.